The normalized spacial score (nSPS) is 30.5. The zero-order valence-corrected chi connectivity index (χ0v) is 13.1. The maximum atomic E-state index is 6.04. The van der Waals surface area contributed by atoms with Gasteiger partial charge in [-0.05, 0) is 85.0 Å². The predicted octanol–water partition coefficient (Wildman–Crippen LogP) is 2.31. The standard InChI is InChI=1S/C16H33N3/c1-13(2)18-9-4-5-16(8-12-18)19-10-6-15(7-11-19)14(3)17/h13-16H,4-12,17H2,1-3H3. The first kappa shape index (κ1) is 15.3. The molecule has 2 aliphatic rings. The minimum Gasteiger partial charge on any atom is -0.328 e. The van der Waals surface area contributed by atoms with Gasteiger partial charge in [-0.1, -0.05) is 0 Å². The van der Waals surface area contributed by atoms with Gasteiger partial charge in [0.15, 0.2) is 0 Å². The molecular weight excluding hydrogens is 234 g/mol. The van der Waals surface area contributed by atoms with E-state index in [4.69, 9.17) is 5.73 Å². The average Bonchev–Trinajstić information content (AvgIpc) is 2.64. The van der Waals surface area contributed by atoms with Gasteiger partial charge in [-0.15, -0.1) is 0 Å². The zero-order valence-electron chi connectivity index (χ0n) is 13.1. The van der Waals surface area contributed by atoms with Crippen LogP contribution in [0.2, 0.25) is 0 Å². The summed E-state index contributed by atoms with van der Waals surface area (Å²) in [5.41, 5.74) is 6.04. The highest BCUT2D eigenvalue weighted by molar-refractivity contribution is 4.84. The summed E-state index contributed by atoms with van der Waals surface area (Å²) in [5.74, 6) is 0.759. The Bertz CT molecular complexity index is 257. The van der Waals surface area contributed by atoms with Gasteiger partial charge in [-0.25, -0.2) is 0 Å². The third-order valence-electron chi connectivity index (χ3n) is 5.30. The van der Waals surface area contributed by atoms with Crippen molar-refractivity contribution < 1.29 is 0 Å². The Hall–Kier alpha value is -0.120. The van der Waals surface area contributed by atoms with Crippen molar-refractivity contribution in [1.29, 1.82) is 0 Å². The highest BCUT2D eigenvalue weighted by Gasteiger charge is 2.28. The van der Waals surface area contributed by atoms with Gasteiger partial charge in [-0.3, -0.25) is 0 Å². The fourth-order valence-corrected chi connectivity index (χ4v) is 3.79. The van der Waals surface area contributed by atoms with E-state index in [0.29, 0.717) is 12.1 Å². The number of piperidine rings is 1. The first-order valence-corrected chi connectivity index (χ1v) is 8.31. The van der Waals surface area contributed by atoms with Gasteiger partial charge in [0.05, 0.1) is 0 Å². The third-order valence-corrected chi connectivity index (χ3v) is 5.30. The molecule has 2 N–H and O–H groups in total. The summed E-state index contributed by atoms with van der Waals surface area (Å²) >= 11 is 0. The minimum absolute atomic E-state index is 0.382. The van der Waals surface area contributed by atoms with Crippen LogP contribution < -0.4 is 5.73 Å². The van der Waals surface area contributed by atoms with Gasteiger partial charge in [0.1, 0.15) is 0 Å². The Morgan fingerprint density at radius 3 is 2.16 bits per heavy atom. The molecule has 2 heterocycles. The fraction of sp³-hybridized carbons (Fsp3) is 1.00. The molecule has 2 unspecified atom stereocenters. The van der Waals surface area contributed by atoms with Gasteiger partial charge < -0.3 is 15.5 Å². The largest absolute Gasteiger partial charge is 0.328 e. The number of nitrogens with zero attached hydrogens (tertiary/aromatic N) is 2. The smallest absolute Gasteiger partial charge is 0.0108 e. The van der Waals surface area contributed by atoms with E-state index in [1.165, 1.54) is 58.3 Å². The van der Waals surface area contributed by atoms with Crippen LogP contribution in [0.1, 0.15) is 52.9 Å². The number of rotatable bonds is 3. The van der Waals surface area contributed by atoms with Crippen molar-refractivity contribution in [2.24, 2.45) is 11.7 Å². The first-order chi connectivity index (χ1) is 9.08. The Balaban J connectivity index is 1.80. The number of likely N-dealkylation sites (tertiary alicyclic amines) is 2. The van der Waals surface area contributed by atoms with Gasteiger partial charge >= 0.3 is 0 Å². The van der Waals surface area contributed by atoms with Crippen LogP contribution in [-0.2, 0) is 0 Å². The van der Waals surface area contributed by atoms with Gasteiger partial charge in [0.2, 0.25) is 0 Å². The Morgan fingerprint density at radius 2 is 1.58 bits per heavy atom. The fourth-order valence-electron chi connectivity index (χ4n) is 3.79. The lowest BCUT2D eigenvalue weighted by atomic mass is 9.89. The van der Waals surface area contributed by atoms with E-state index in [2.05, 4.69) is 30.6 Å². The van der Waals surface area contributed by atoms with Crippen LogP contribution in [-0.4, -0.2) is 54.1 Å². The lowest BCUT2D eigenvalue weighted by Crippen LogP contribution is -2.45. The number of nitrogens with two attached hydrogens (primary N) is 1. The molecule has 0 aromatic rings. The SMILES string of the molecule is CC(N)C1CCN(C2CCCN(C(C)C)CC2)CC1. The van der Waals surface area contributed by atoms with Crippen LogP contribution in [0.5, 0.6) is 0 Å². The summed E-state index contributed by atoms with van der Waals surface area (Å²) in [5, 5.41) is 0. The zero-order chi connectivity index (χ0) is 13.8. The summed E-state index contributed by atoms with van der Waals surface area (Å²) in [7, 11) is 0. The summed E-state index contributed by atoms with van der Waals surface area (Å²) < 4.78 is 0. The highest BCUT2D eigenvalue weighted by Crippen LogP contribution is 2.25. The molecule has 2 rings (SSSR count). The van der Waals surface area contributed by atoms with Crippen LogP contribution in [0.15, 0.2) is 0 Å². The quantitative estimate of drug-likeness (QED) is 0.852. The van der Waals surface area contributed by atoms with Crippen LogP contribution in [0.4, 0.5) is 0 Å². The molecular formula is C16H33N3. The maximum absolute atomic E-state index is 6.04. The van der Waals surface area contributed by atoms with Crippen molar-refractivity contribution in [2.75, 3.05) is 26.2 Å². The van der Waals surface area contributed by atoms with Crippen molar-refractivity contribution in [2.45, 2.75) is 71.0 Å². The van der Waals surface area contributed by atoms with Crippen molar-refractivity contribution in [3.05, 3.63) is 0 Å². The van der Waals surface area contributed by atoms with Crippen molar-refractivity contribution in [3.8, 4) is 0 Å². The summed E-state index contributed by atoms with van der Waals surface area (Å²) in [6, 6.07) is 1.92. The van der Waals surface area contributed by atoms with Crippen molar-refractivity contribution in [1.82, 2.24) is 9.80 Å². The van der Waals surface area contributed by atoms with Gasteiger partial charge in [-0.2, -0.15) is 0 Å². The number of hydrogen-bond acceptors (Lipinski definition) is 3. The molecule has 2 saturated heterocycles. The van der Waals surface area contributed by atoms with Gasteiger partial charge in [0.25, 0.3) is 0 Å². The molecule has 2 aliphatic heterocycles. The highest BCUT2D eigenvalue weighted by atomic mass is 15.2. The predicted molar refractivity (Wildman–Crippen MR) is 82.3 cm³/mol. The second-order valence-corrected chi connectivity index (χ2v) is 6.95. The molecule has 3 nitrogen and oxygen atoms in total. The van der Waals surface area contributed by atoms with E-state index in [1.807, 2.05) is 0 Å². The Kier molecular flexibility index (Phi) is 5.67. The summed E-state index contributed by atoms with van der Waals surface area (Å²) in [6.45, 7) is 12.0. The topological polar surface area (TPSA) is 32.5 Å². The molecule has 0 aliphatic carbocycles. The lowest BCUT2D eigenvalue weighted by Gasteiger charge is -2.38. The van der Waals surface area contributed by atoms with E-state index < -0.39 is 0 Å². The van der Waals surface area contributed by atoms with Crippen LogP contribution in [0.25, 0.3) is 0 Å². The van der Waals surface area contributed by atoms with Crippen LogP contribution in [0, 0.1) is 5.92 Å². The second kappa shape index (κ2) is 7.05. The monoisotopic (exact) mass is 267 g/mol. The molecule has 19 heavy (non-hydrogen) atoms. The molecule has 2 fully saturated rings. The third kappa shape index (κ3) is 4.17. The molecule has 0 spiro atoms. The van der Waals surface area contributed by atoms with Crippen LogP contribution >= 0.6 is 0 Å². The van der Waals surface area contributed by atoms with E-state index in [-0.39, 0.29) is 0 Å². The Morgan fingerprint density at radius 1 is 0.895 bits per heavy atom. The molecule has 0 radical (unpaired) electrons. The Labute approximate surface area is 119 Å². The second-order valence-electron chi connectivity index (χ2n) is 6.95. The first-order valence-electron chi connectivity index (χ1n) is 8.31. The number of hydrogen-bond donors (Lipinski definition) is 1. The molecule has 0 aromatic heterocycles. The van der Waals surface area contributed by atoms with Crippen LogP contribution in [0.3, 0.4) is 0 Å². The molecule has 0 aromatic carbocycles. The molecule has 0 amide bonds. The van der Waals surface area contributed by atoms with E-state index >= 15 is 0 Å². The summed E-state index contributed by atoms with van der Waals surface area (Å²) in [4.78, 5) is 5.40. The van der Waals surface area contributed by atoms with Crippen molar-refractivity contribution >= 4 is 0 Å². The lowest BCUT2D eigenvalue weighted by molar-refractivity contribution is 0.113. The molecule has 0 saturated carbocycles. The summed E-state index contributed by atoms with van der Waals surface area (Å²) in [6.07, 6.45) is 6.74. The molecule has 112 valence electrons. The van der Waals surface area contributed by atoms with E-state index in [1.54, 1.807) is 0 Å². The molecule has 0 bridgehead atoms. The molecule has 3 heteroatoms. The average molecular weight is 267 g/mol. The minimum atomic E-state index is 0.382. The van der Waals surface area contributed by atoms with Crippen molar-refractivity contribution in [3.63, 3.8) is 0 Å². The van der Waals surface area contributed by atoms with E-state index in [9.17, 15) is 0 Å². The maximum Gasteiger partial charge on any atom is 0.0108 e. The molecule has 2 atom stereocenters. The van der Waals surface area contributed by atoms with E-state index in [0.717, 1.165) is 12.0 Å². The van der Waals surface area contributed by atoms with Gasteiger partial charge in [0, 0.05) is 18.1 Å².